The average molecular weight is 556 g/mol. The van der Waals surface area contributed by atoms with E-state index in [-0.39, 0.29) is 42.2 Å². The fourth-order valence-corrected chi connectivity index (χ4v) is 4.08. The molecule has 1 aromatic carbocycles. The van der Waals surface area contributed by atoms with Crippen LogP contribution in [0.3, 0.4) is 0 Å². The van der Waals surface area contributed by atoms with E-state index in [1.807, 2.05) is 17.9 Å². The lowest BCUT2D eigenvalue weighted by molar-refractivity contribution is -0.132. The second kappa shape index (κ2) is 13.6. The van der Waals surface area contributed by atoms with E-state index in [2.05, 4.69) is 20.1 Å². The van der Waals surface area contributed by atoms with Crippen LogP contribution in [0, 0.1) is 17.1 Å². The first-order chi connectivity index (χ1) is 15.1. The molecule has 2 fully saturated rings. The van der Waals surface area contributed by atoms with Gasteiger partial charge in [-0.3, -0.25) is 9.69 Å². The normalized spacial score (nSPS) is 17.8. The minimum absolute atomic E-state index is 0. The first-order valence-electron chi connectivity index (χ1n) is 11.3. The first-order valence-corrected chi connectivity index (χ1v) is 11.3. The largest absolute Gasteiger partial charge is 0.357 e. The number of nitrogens with zero attached hydrogens (tertiary/aromatic N) is 5. The van der Waals surface area contributed by atoms with Crippen LogP contribution in [0.15, 0.2) is 23.2 Å². The maximum absolute atomic E-state index is 14.1. The third kappa shape index (κ3) is 7.59. The van der Waals surface area contributed by atoms with Gasteiger partial charge in [0.05, 0.1) is 24.7 Å². The second-order valence-electron chi connectivity index (χ2n) is 8.15. The molecule has 0 bridgehead atoms. The van der Waals surface area contributed by atoms with E-state index in [1.54, 1.807) is 6.07 Å². The average Bonchev–Trinajstić information content (AvgIpc) is 3.08. The molecule has 0 saturated carbocycles. The van der Waals surface area contributed by atoms with Crippen molar-refractivity contribution >= 4 is 35.8 Å². The highest BCUT2D eigenvalue weighted by molar-refractivity contribution is 14.0. The first kappa shape index (κ1) is 26.3. The van der Waals surface area contributed by atoms with Crippen molar-refractivity contribution in [2.45, 2.75) is 39.2 Å². The Hall–Kier alpha value is -1.93. The molecule has 0 unspecified atom stereocenters. The van der Waals surface area contributed by atoms with E-state index >= 15 is 0 Å². The van der Waals surface area contributed by atoms with Gasteiger partial charge in [0.2, 0.25) is 5.91 Å². The topological polar surface area (TPSA) is 75.0 Å². The SMILES string of the molecule is CCNC(=NCc1cc(C#N)ccc1F)N1CCN(CC(=O)N2CCCCCC2)CC1.I. The van der Waals surface area contributed by atoms with E-state index in [9.17, 15) is 9.18 Å². The molecule has 1 N–H and O–H groups in total. The predicted octanol–water partition coefficient (Wildman–Crippen LogP) is 2.80. The van der Waals surface area contributed by atoms with Gasteiger partial charge in [-0.15, -0.1) is 24.0 Å². The number of carbonyl (C=O) groups is 1. The van der Waals surface area contributed by atoms with Gasteiger partial charge in [-0.05, 0) is 38.0 Å². The summed E-state index contributed by atoms with van der Waals surface area (Å²) < 4.78 is 14.1. The lowest BCUT2D eigenvalue weighted by atomic mass is 10.1. The van der Waals surface area contributed by atoms with Gasteiger partial charge < -0.3 is 15.1 Å². The van der Waals surface area contributed by atoms with E-state index in [0.29, 0.717) is 24.2 Å². The number of aliphatic imine (C=N–C) groups is 1. The molecule has 2 aliphatic heterocycles. The molecule has 2 aliphatic rings. The summed E-state index contributed by atoms with van der Waals surface area (Å²) in [4.78, 5) is 23.6. The van der Waals surface area contributed by atoms with Crippen LogP contribution in [0.25, 0.3) is 0 Å². The van der Waals surface area contributed by atoms with Gasteiger partial charge in [-0.1, -0.05) is 12.8 Å². The van der Waals surface area contributed by atoms with Gasteiger partial charge in [0.15, 0.2) is 5.96 Å². The molecule has 0 atom stereocenters. The Morgan fingerprint density at radius 1 is 1.09 bits per heavy atom. The Morgan fingerprint density at radius 3 is 2.41 bits per heavy atom. The van der Waals surface area contributed by atoms with Crippen molar-refractivity contribution in [3.8, 4) is 6.07 Å². The molecule has 2 saturated heterocycles. The zero-order valence-electron chi connectivity index (χ0n) is 18.9. The summed E-state index contributed by atoms with van der Waals surface area (Å²) >= 11 is 0. The Morgan fingerprint density at radius 2 is 1.78 bits per heavy atom. The number of guanidine groups is 1. The summed E-state index contributed by atoms with van der Waals surface area (Å²) in [5.74, 6) is 0.627. The standard InChI is InChI=1S/C23H33FN6O.HI/c1-2-26-23(27-17-20-15-19(16-25)7-8-21(20)24)30-13-11-28(12-14-30)18-22(31)29-9-5-3-4-6-10-29;/h7-8,15H,2-6,9-14,17-18H2,1H3,(H,26,27);1H. The number of hydrogen-bond acceptors (Lipinski definition) is 4. The van der Waals surface area contributed by atoms with Crippen molar-refractivity contribution in [1.82, 2.24) is 20.0 Å². The number of nitrogens with one attached hydrogen (secondary N) is 1. The molecule has 0 aromatic heterocycles. The quantitative estimate of drug-likeness (QED) is 0.343. The molecule has 3 rings (SSSR count). The minimum Gasteiger partial charge on any atom is -0.357 e. The molecule has 9 heteroatoms. The van der Waals surface area contributed by atoms with Crippen molar-refractivity contribution in [2.75, 3.05) is 52.4 Å². The molecule has 1 aromatic rings. The van der Waals surface area contributed by atoms with Gasteiger partial charge in [0.25, 0.3) is 0 Å². The van der Waals surface area contributed by atoms with Crippen molar-refractivity contribution in [1.29, 1.82) is 5.26 Å². The summed E-state index contributed by atoms with van der Waals surface area (Å²) in [7, 11) is 0. The summed E-state index contributed by atoms with van der Waals surface area (Å²) in [6, 6.07) is 6.38. The van der Waals surface area contributed by atoms with Crippen LogP contribution in [0.4, 0.5) is 4.39 Å². The van der Waals surface area contributed by atoms with Crippen molar-refractivity contribution in [3.05, 3.63) is 35.1 Å². The Labute approximate surface area is 207 Å². The second-order valence-corrected chi connectivity index (χ2v) is 8.15. The van der Waals surface area contributed by atoms with Crippen LogP contribution >= 0.6 is 24.0 Å². The smallest absolute Gasteiger partial charge is 0.236 e. The number of likely N-dealkylation sites (tertiary alicyclic amines) is 1. The van der Waals surface area contributed by atoms with Gasteiger partial charge >= 0.3 is 0 Å². The van der Waals surface area contributed by atoms with Gasteiger partial charge in [0, 0.05) is 51.4 Å². The van der Waals surface area contributed by atoms with Gasteiger partial charge in [0.1, 0.15) is 5.82 Å². The molecule has 0 spiro atoms. The third-order valence-corrected chi connectivity index (χ3v) is 5.90. The molecule has 32 heavy (non-hydrogen) atoms. The van der Waals surface area contributed by atoms with E-state index in [0.717, 1.165) is 58.1 Å². The summed E-state index contributed by atoms with van der Waals surface area (Å²) in [6.07, 6.45) is 4.67. The molecule has 176 valence electrons. The number of carbonyl (C=O) groups excluding carboxylic acids is 1. The molecule has 7 nitrogen and oxygen atoms in total. The summed E-state index contributed by atoms with van der Waals surface area (Å²) in [6.45, 7) is 8.27. The van der Waals surface area contributed by atoms with Gasteiger partial charge in [-0.25, -0.2) is 9.38 Å². The number of benzene rings is 1. The number of piperazine rings is 1. The van der Waals surface area contributed by atoms with Crippen LogP contribution < -0.4 is 5.32 Å². The molecular weight excluding hydrogens is 522 g/mol. The summed E-state index contributed by atoms with van der Waals surface area (Å²) in [5, 5.41) is 12.3. The van der Waals surface area contributed by atoms with Crippen LogP contribution in [-0.4, -0.2) is 78.9 Å². The summed E-state index contributed by atoms with van der Waals surface area (Å²) in [5.41, 5.74) is 0.843. The highest BCUT2D eigenvalue weighted by Crippen LogP contribution is 2.13. The van der Waals surface area contributed by atoms with Gasteiger partial charge in [-0.2, -0.15) is 5.26 Å². The zero-order chi connectivity index (χ0) is 22.1. The van der Waals surface area contributed by atoms with E-state index < -0.39 is 0 Å². The third-order valence-electron chi connectivity index (χ3n) is 5.90. The van der Waals surface area contributed by atoms with Crippen LogP contribution in [0.5, 0.6) is 0 Å². The minimum atomic E-state index is -0.351. The highest BCUT2D eigenvalue weighted by atomic mass is 127. The molecular formula is C23H34FIN6O. The lowest BCUT2D eigenvalue weighted by Gasteiger charge is -2.37. The number of rotatable bonds is 5. The molecule has 1 amide bonds. The number of amides is 1. The fraction of sp³-hybridized carbons (Fsp3) is 0.609. The molecule has 0 aliphatic carbocycles. The van der Waals surface area contributed by atoms with E-state index in [4.69, 9.17) is 5.26 Å². The number of halogens is 2. The maximum Gasteiger partial charge on any atom is 0.236 e. The van der Waals surface area contributed by atoms with Crippen LogP contribution in [0.2, 0.25) is 0 Å². The fourth-order valence-electron chi connectivity index (χ4n) is 4.08. The highest BCUT2D eigenvalue weighted by Gasteiger charge is 2.23. The Bertz CT molecular complexity index is 811. The maximum atomic E-state index is 14.1. The zero-order valence-corrected chi connectivity index (χ0v) is 21.2. The van der Waals surface area contributed by atoms with Crippen molar-refractivity contribution in [2.24, 2.45) is 4.99 Å². The Kier molecular flexibility index (Phi) is 11.2. The van der Waals surface area contributed by atoms with Crippen LogP contribution in [-0.2, 0) is 11.3 Å². The van der Waals surface area contributed by atoms with Crippen molar-refractivity contribution < 1.29 is 9.18 Å². The lowest BCUT2D eigenvalue weighted by Crippen LogP contribution is -2.54. The van der Waals surface area contributed by atoms with Crippen LogP contribution in [0.1, 0.15) is 43.7 Å². The van der Waals surface area contributed by atoms with Crippen molar-refractivity contribution in [3.63, 3.8) is 0 Å². The predicted molar refractivity (Wildman–Crippen MR) is 134 cm³/mol. The Balaban J connectivity index is 0.00000363. The molecule has 0 radical (unpaired) electrons. The number of nitriles is 1. The van der Waals surface area contributed by atoms with E-state index in [1.165, 1.54) is 25.0 Å². The molecule has 2 heterocycles. The number of hydrogen-bond donors (Lipinski definition) is 1. The monoisotopic (exact) mass is 556 g/mol.